The first-order chi connectivity index (χ1) is 9.36. The molecule has 0 fully saturated rings. The molecule has 1 aromatic carbocycles. The maximum absolute atomic E-state index is 5.86. The van der Waals surface area contributed by atoms with Gasteiger partial charge in [-0.1, -0.05) is 18.2 Å². The van der Waals surface area contributed by atoms with Crippen molar-refractivity contribution in [3.05, 3.63) is 62.9 Å². The van der Waals surface area contributed by atoms with Crippen LogP contribution in [-0.2, 0) is 4.84 Å². The average Bonchev–Trinajstić information content (AvgIpc) is 3.03. The van der Waals surface area contributed by atoms with Crippen LogP contribution in [0.15, 0.2) is 47.5 Å². The third-order valence-electron chi connectivity index (χ3n) is 3.34. The van der Waals surface area contributed by atoms with Crippen LogP contribution in [0, 0.1) is 0 Å². The molecule has 0 aliphatic carbocycles. The second-order valence-corrected chi connectivity index (χ2v) is 5.44. The summed E-state index contributed by atoms with van der Waals surface area (Å²) in [5, 5.41) is 5.19. The number of nitrogens with zero attached hydrogens (tertiary/aromatic N) is 1. The molecule has 2 aromatic rings. The van der Waals surface area contributed by atoms with Crippen molar-refractivity contribution in [2.24, 2.45) is 5.73 Å². The van der Waals surface area contributed by atoms with Crippen LogP contribution >= 0.6 is 11.3 Å². The Morgan fingerprint density at radius 2 is 2.05 bits per heavy atom. The number of hydrogen-bond donors (Lipinski definition) is 1. The number of thiophene rings is 1. The van der Waals surface area contributed by atoms with Crippen LogP contribution in [0.3, 0.4) is 0 Å². The summed E-state index contributed by atoms with van der Waals surface area (Å²) < 4.78 is 1.25. The summed E-state index contributed by atoms with van der Waals surface area (Å²) in [6.07, 6.45) is 4.24. The molecule has 0 bridgehead atoms. The van der Waals surface area contributed by atoms with Gasteiger partial charge in [0.1, 0.15) is 5.76 Å². The zero-order valence-electron chi connectivity index (χ0n) is 10.2. The number of para-hydroxylation sites is 1. The number of nitrogens with two attached hydrogens (primary N) is 1. The van der Waals surface area contributed by atoms with Gasteiger partial charge in [-0.05, 0) is 23.6 Å². The first kappa shape index (κ1) is 10.8. The molecule has 0 atom stereocenters. The Bertz CT molecular complexity index is 804. The lowest BCUT2D eigenvalue weighted by Gasteiger charge is -2.20. The minimum Gasteiger partial charge on any atom is -0.378 e. The molecule has 0 saturated carbocycles. The quantitative estimate of drug-likeness (QED) is 0.847. The molecule has 4 rings (SSSR count). The molecule has 2 aliphatic rings. The number of anilines is 1. The Morgan fingerprint density at radius 1 is 1.16 bits per heavy atom. The highest BCUT2D eigenvalue weighted by atomic mass is 32.1. The van der Waals surface area contributed by atoms with E-state index in [9.17, 15) is 0 Å². The fourth-order valence-corrected chi connectivity index (χ4v) is 3.29. The van der Waals surface area contributed by atoms with Crippen LogP contribution in [0.25, 0.3) is 11.8 Å². The van der Waals surface area contributed by atoms with E-state index >= 15 is 0 Å². The SMILES string of the molecule is NCC1=CC2=c3ccsc3=Cc3ccccc3N2O1. The van der Waals surface area contributed by atoms with Crippen molar-refractivity contribution < 1.29 is 4.84 Å². The summed E-state index contributed by atoms with van der Waals surface area (Å²) in [5.41, 5.74) is 8.99. The molecule has 0 saturated heterocycles. The van der Waals surface area contributed by atoms with Gasteiger partial charge < -0.3 is 10.6 Å². The maximum Gasteiger partial charge on any atom is 0.148 e. The number of fused-ring (bicyclic) bond motifs is 4. The molecule has 0 unspecified atom stereocenters. The van der Waals surface area contributed by atoms with E-state index in [2.05, 4.69) is 29.7 Å². The van der Waals surface area contributed by atoms with Crippen molar-refractivity contribution in [1.82, 2.24) is 0 Å². The van der Waals surface area contributed by atoms with Crippen LogP contribution in [0.5, 0.6) is 0 Å². The predicted molar refractivity (Wildman–Crippen MR) is 77.7 cm³/mol. The lowest BCUT2D eigenvalue weighted by Crippen LogP contribution is -2.26. The van der Waals surface area contributed by atoms with Gasteiger partial charge in [0.05, 0.1) is 17.9 Å². The van der Waals surface area contributed by atoms with Crippen molar-refractivity contribution in [3.8, 4) is 0 Å². The van der Waals surface area contributed by atoms with Gasteiger partial charge in [-0.3, -0.25) is 0 Å². The van der Waals surface area contributed by atoms with Crippen molar-refractivity contribution in [1.29, 1.82) is 0 Å². The van der Waals surface area contributed by atoms with Gasteiger partial charge in [0, 0.05) is 21.4 Å². The predicted octanol–water partition coefficient (Wildman–Crippen LogP) is 1.29. The normalized spacial score (nSPS) is 15.7. The van der Waals surface area contributed by atoms with Gasteiger partial charge in [-0.25, -0.2) is 0 Å². The Kier molecular flexibility index (Phi) is 2.27. The van der Waals surface area contributed by atoms with E-state index in [0.29, 0.717) is 6.54 Å². The highest BCUT2D eigenvalue weighted by molar-refractivity contribution is 7.07. The summed E-state index contributed by atoms with van der Waals surface area (Å²) in [6, 6.07) is 10.4. The van der Waals surface area contributed by atoms with Crippen LogP contribution in [0.2, 0.25) is 0 Å². The van der Waals surface area contributed by atoms with E-state index in [-0.39, 0.29) is 0 Å². The molecular weight excluding hydrogens is 256 g/mol. The smallest absolute Gasteiger partial charge is 0.148 e. The highest BCUT2D eigenvalue weighted by Gasteiger charge is 2.25. The first-order valence-corrected chi connectivity index (χ1v) is 7.02. The van der Waals surface area contributed by atoms with E-state index < -0.39 is 0 Å². The zero-order valence-corrected chi connectivity index (χ0v) is 11.0. The standard InChI is InChI=1S/C15H12N2OS/c16-9-11-8-14-12-5-6-19-15(12)7-10-3-1-2-4-13(10)17(14)18-11/h1-8H,9,16H2. The molecule has 94 valence electrons. The van der Waals surface area contributed by atoms with Crippen LogP contribution in [0.4, 0.5) is 5.69 Å². The van der Waals surface area contributed by atoms with Crippen molar-refractivity contribution >= 4 is 28.8 Å². The molecular formula is C15H12N2OS. The topological polar surface area (TPSA) is 38.5 Å². The fraction of sp³-hybridized carbons (Fsp3) is 0.0667. The molecule has 0 radical (unpaired) electrons. The summed E-state index contributed by atoms with van der Waals surface area (Å²) in [6.45, 7) is 0.408. The second kappa shape index (κ2) is 3.98. The largest absolute Gasteiger partial charge is 0.378 e. The Balaban J connectivity index is 2.09. The van der Waals surface area contributed by atoms with Crippen molar-refractivity contribution in [2.75, 3.05) is 11.6 Å². The molecule has 3 nitrogen and oxygen atoms in total. The lowest BCUT2D eigenvalue weighted by atomic mass is 10.2. The van der Waals surface area contributed by atoms with E-state index in [4.69, 9.17) is 10.6 Å². The average molecular weight is 268 g/mol. The third-order valence-corrected chi connectivity index (χ3v) is 4.20. The van der Waals surface area contributed by atoms with Gasteiger partial charge >= 0.3 is 0 Å². The molecule has 0 amide bonds. The summed E-state index contributed by atoms with van der Waals surface area (Å²) in [4.78, 5) is 5.86. The number of benzene rings is 1. The van der Waals surface area contributed by atoms with Gasteiger partial charge in [0.2, 0.25) is 0 Å². The second-order valence-electron chi connectivity index (χ2n) is 4.49. The van der Waals surface area contributed by atoms with Crippen molar-refractivity contribution in [3.63, 3.8) is 0 Å². The molecule has 4 heteroatoms. The monoisotopic (exact) mass is 268 g/mol. The Hall–Kier alpha value is -2.04. The van der Waals surface area contributed by atoms with Crippen LogP contribution in [-0.4, -0.2) is 6.54 Å². The molecule has 3 heterocycles. The highest BCUT2D eigenvalue weighted by Crippen LogP contribution is 2.32. The van der Waals surface area contributed by atoms with Crippen LogP contribution in [0.1, 0.15) is 5.56 Å². The Labute approximate surface area is 114 Å². The first-order valence-electron chi connectivity index (χ1n) is 6.14. The van der Waals surface area contributed by atoms with E-state index in [1.54, 1.807) is 11.3 Å². The zero-order chi connectivity index (χ0) is 12.8. The van der Waals surface area contributed by atoms with Gasteiger partial charge in [0.25, 0.3) is 0 Å². The molecule has 2 aliphatic heterocycles. The number of hydrogen-bond acceptors (Lipinski definition) is 4. The minimum atomic E-state index is 0.408. The van der Waals surface area contributed by atoms with E-state index in [0.717, 1.165) is 22.7 Å². The minimum absolute atomic E-state index is 0.408. The number of rotatable bonds is 1. The molecule has 2 N–H and O–H groups in total. The van der Waals surface area contributed by atoms with E-state index in [1.807, 2.05) is 23.3 Å². The summed E-state index contributed by atoms with van der Waals surface area (Å²) in [5.74, 6) is 0.795. The van der Waals surface area contributed by atoms with Gasteiger partial charge in [-0.15, -0.1) is 11.3 Å². The van der Waals surface area contributed by atoms with E-state index in [1.165, 1.54) is 9.75 Å². The maximum atomic E-state index is 5.86. The summed E-state index contributed by atoms with van der Waals surface area (Å²) in [7, 11) is 0. The molecule has 1 aromatic heterocycles. The van der Waals surface area contributed by atoms with Crippen LogP contribution < -0.4 is 20.5 Å². The lowest BCUT2D eigenvalue weighted by molar-refractivity contribution is 0.230. The van der Waals surface area contributed by atoms with Gasteiger partial charge in [0.15, 0.2) is 0 Å². The number of hydroxylamine groups is 1. The Morgan fingerprint density at radius 3 is 2.95 bits per heavy atom. The fourth-order valence-electron chi connectivity index (χ4n) is 2.45. The molecule has 19 heavy (non-hydrogen) atoms. The van der Waals surface area contributed by atoms with Gasteiger partial charge in [-0.2, -0.15) is 5.06 Å². The van der Waals surface area contributed by atoms with Crippen molar-refractivity contribution in [2.45, 2.75) is 0 Å². The third kappa shape index (κ3) is 1.54. The molecule has 0 spiro atoms. The summed E-state index contributed by atoms with van der Waals surface area (Å²) >= 11 is 1.74.